The molecular weight excluding hydrogens is 228 g/mol. The summed E-state index contributed by atoms with van der Waals surface area (Å²) in [6, 6.07) is 2.26. The number of nitrogens with zero attached hydrogens (tertiary/aromatic N) is 2. The highest BCUT2D eigenvalue weighted by atomic mass is 16.2. The third-order valence-electron chi connectivity index (χ3n) is 3.34. The van der Waals surface area contributed by atoms with Crippen LogP contribution in [0.3, 0.4) is 0 Å². The number of aromatic nitrogens is 2. The maximum atomic E-state index is 11.8. The first-order valence-corrected chi connectivity index (χ1v) is 6.78. The van der Waals surface area contributed by atoms with Gasteiger partial charge in [-0.25, -0.2) is 4.79 Å². The minimum absolute atomic E-state index is 0.0541. The third-order valence-corrected chi connectivity index (χ3v) is 3.34. The molecule has 1 saturated carbocycles. The summed E-state index contributed by atoms with van der Waals surface area (Å²) < 4.78 is 1.82. The van der Waals surface area contributed by atoms with E-state index in [9.17, 15) is 4.79 Å². The van der Waals surface area contributed by atoms with Gasteiger partial charge in [0, 0.05) is 24.5 Å². The zero-order valence-corrected chi connectivity index (χ0v) is 10.9. The Bertz CT molecular complexity index is 357. The molecule has 1 aromatic rings. The summed E-state index contributed by atoms with van der Waals surface area (Å²) in [5, 5.41) is 10.1. The van der Waals surface area contributed by atoms with E-state index in [2.05, 4.69) is 15.7 Å². The van der Waals surface area contributed by atoms with Gasteiger partial charge in [-0.05, 0) is 25.8 Å². The van der Waals surface area contributed by atoms with Crippen LogP contribution in [0.5, 0.6) is 0 Å². The van der Waals surface area contributed by atoms with Crippen molar-refractivity contribution in [1.82, 2.24) is 20.4 Å². The van der Waals surface area contributed by atoms with Crippen molar-refractivity contribution in [1.29, 1.82) is 0 Å². The maximum absolute atomic E-state index is 11.8. The lowest BCUT2D eigenvalue weighted by molar-refractivity contribution is 0.228. The van der Waals surface area contributed by atoms with Crippen LogP contribution in [0.4, 0.5) is 4.79 Å². The Labute approximate surface area is 108 Å². The Morgan fingerprint density at radius 1 is 1.44 bits per heavy atom. The summed E-state index contributed by atoms with van der Waals surface area (Å²) in [5.41, 5.74) is 0. The van der Waals surface area contributed by atoms with Crippen molar-refractivity contribution in [3.05, 3.63) is 18.5 Å². The highest BCUT2D eigenvalue weighted by Gasteiger charge is 2.16. The SMILES string of the molecule is C[C@@H](Cn1cccn1)NC(=O)NC1CCCCC1. The topological polar surface area (TPSA) is 59.0 Å². The number of amides is 2. The predicted molar refractivity (Wildman–Crippen MR) is 70.2 cm³/mol. The lowest BCUT2D eigenvalue weighted by atomic mass is 9.96. The highest BCUT2D eigenvalue weighted by Crippen LogP contribution is 2.17. The fourth-order valence-corrected chi connectivity index (χ4v) is 2.43. The first-order chi connectivity index (χ1) is 8.74. The number of hydrogen-bond donors (Lipinski definition) is 2. The van der Waals surface area contributed by atoms with Crippen LogP contribution in [0.25, 0.3) is 0 Å². The van der Waals surface area contributed by atoms with E-state index in [-0.39, 0.29) is 12.1 Å². The molecule has 0 saturated heterocycles. The summed E-state index contributed by atoms with van der Waals surface area (Å²) in [5.74, 6) is 0. The van der Waals surface area contributed by atoms with Gasteiger partial charge in [0.25, 0.3) is 0 Å². The number of carbonyl (C=O) groups is 1. The van der Waals surface area contributed by atoms with Gasteiger partial charge in [0.15, 0.2) is 0 Å². The normalized spacial score (nSPS) is 18.3. The third kappa shape index (κ3) is 4.05. The molecule has 1 aliphatic carbocycles. The van der Waals surface area contributed by atoms with Gasteiger partial charge in [0.2, 0.25) is 0 Å². The van der Waals surface area contributed by atoms with Crippen molar-refractivity contribution >= 4 is 6.03 Å². The Morgan fingerprint density at radius 3 is 2.89 bits per heavy atom. The van der Waals surface area contributed by atoms with Crippen molar-refractivity contribution < 1.29 is 4.79 Å². The van der Waals surface area contributed by atoms with Gasteiger partial charge in [-0.2, -0.15) is 5.10 Å². The van der Waals surface area contributed by atoms with E-state index in [0.29, 0.717) is 12.6 Å². The van der Waals surface area contributed by atoms with Crippen LogP contribution in [0.2, 0.25) is 0 Å². The Balaban J connectivity index is 1.69. The van der Waals surface area contributed by atoms with Gasteiger partial charge >= 0.3 is 6.03 Å². The molecule has 0 aromatic carbocycles. The quantitative estimate of drug-likeness (QED) is 0.857. The van der Waals surface area contributed by atoms with Gasteiger partial charge in [0.05, 0.1) is 6.54 Å². The van der Waals surface area contributed by atoms with E-state index in [0.717, 1.165) is 12.8 Å². The summed E-state index contributed by atoms with van der Waals surface area (Å²) in [4.78, 5) is 11.8. The van der Waals surface area contributed by atoms with Crippen LogP contribution >= 0.6 is 0 Å². The van der Waals surface area contributed by atoms with E-state index in [1.165, 1.54) is 19.3 Å². The Kier molecular flexibility index (Phi) is 4.61. The summed E-state index contributed by atoms with van der Waals surface area (Å²) in [6.07, 6.45) is 9.63. The fourth-order valence-electron chi connectivity index (χ4n) is 2.43. The molecule has 18 heavy (non-hydrogen) atoms. The number of carbonyl (C=O) groups excluding carboxylic acids is 1. The van der Waals surface area contributed by atoms with Crippen molar-refractivity contribution in [2.75, 3.05) is 0 Å². The molecule has 0 radical (unpaired) electrons. The van der Waals surface area contributed by atoms with Crippen LogP contribution in [0, 0.1) is 0 Å². The molecule has 1 fully saturated rings. The highest BCUT2D eigenvalue weighted by molar-refractivity contribution is 5.74. The minimum atomic E-state index is -0.0541. The first kappa shape index (κ1) is 12.9. The molecular formula is C13H22N4O. The maximum Gasteiger partial charge on any atom is 0.315 e. The minimum Gasteiger partial charge on any atom is -0.335 e. The van der Waals surface area contributed by atoms with Crippen molar-refractivity contribution in [3.63, 3.8) is 0 Å². The second-order valence-corrected chi connectivity index (χ2v) is 5.08. The molecule has 1 atom stereocenters. The van der Waals surface area contributed by atoms with E-state index in [1.54, 1.807) is 6.20 Å². The second-order valence-electron chi connectivity index (χ2n) is 5.08. The largest absolute Gasteiger partial charge is 0.335 e. The molecule has 0 spiro atoms. The van der Waals surface area contributed by atoms with Crippen LogP contribution in [-0.4, -0.2) is 27.9 Å². The zero-order chi connectivity index (χ0) is 12.8. The molecule has 0 aliphatic heterocycles. The van der Waals surface area contributed by atoms with Crippen LogP contribution in [0.15, 0.2) is 18.5 Å². The first-order valence-electron chi connectivity index (χ1n) is 6.78. The van der Waals surface area contributed by atoms with Gasteiger partial charge in [0.1, 0.15) is 0 Å². The molecule has 2 amide bonds. The lowest BCUT2D eigenvalue weighted by Crippen LogP contribution is -2.47. The van der Waals surface area contributed by atoms with Gasteiger partial charge < -0.3 is 10.6 Å². The van der Waals surface area contributed by atoms with Gasteiger partial charge in [-0.3, -0.25) is 4.68 Å². The number of urea groups is 1. The second kappa shape index (κ2) is 6.42. The monoisotopic (exact) mass is 250 g/mol. The summed E-state index contributed by atoms with van der Waals surface area (Å²) in [6.45, 7) is 2.69. The van der Waals surface area contributed by atoms with Crippen LogP contribution < -0.4 is 10.6 Å². The average molecular weight is 250 g/mol. The van der Waals surface area contributed by atoms with Crippen molar-refractivity contribution in [2.45, 2.75) is 57.7 Å². The number of hydrogen-bond acceptors (Lipinski definition) is 2. The lowest BCUT2D eigenvalue weighted by Gasteiger charge is -2.24. The molecule has 2 rings (SSSR count). The smallest absolute Gasteiger partial charge is 0.315 e. The Hall–Kier alpha value is -1.52. The van der Waals surface area contributed by atoms with Crippen molar-refractivity contribution in [2.24, 2.45) is 0 Å². The van der Waals surface area contributed by atoms with Crippen molar-refractivity contribution in [3.8, 4) is 0 Å². The summed E-state index contributed by atoms with van der Waals surface area (Å²) in [7, 11) is 0. The van der Waals surface area contributed by atoms with Crippen LogP contribution in [0.1, 0.15) is 39.0 Å². The average Bonchev–Trinajstić information content (AvgIpc) is 2.82. The zero-order valence-electron chi connectivity index (χ0n) is 10.9. The van der Waals surface area contributed by atoms with E-state index >= 15 is 0 Å². The van der Waals surface area contributed by atoms with Gasteiger partial charge in [-0.15, -0.1) is 0 Å². The standard InChI is InChI=1S/C13H22N4O/c1-11(10-17-9-5-8-14-17)15-13(18)16-12-6-3-2-4-7-12/h5,8-9,11-12H,2-4,6-7,10H2,1H3,(H2,15,16,18)/t11-/m0/s1. The number of rotatable bonds is 4. The van der Waals surface area contributed by atoms with E-state index in [4.69, 9.17) is 0 Å². The summed E-state index contributed by atoms with van der Waals surface area (Å²) >= 11 is 0. The molecule has 5 nitrogen and oxygen atoms in total. The molecule has 100 valence electrons. The van der Waals surface area contributed by atoms with Crippen LogP contribution in [-0.2, 0) is 6.54 Å². The predicted octanol–water partition coefficient (Wildman–Crippen LogP) is 1.90. The fraction of sp³-hybridized carbons (Fsp3) is 0.692. The molecule has 1 aromatic heterocycles. The number of nitrogens with one attached hydrogen (secondary N) is 2. The van der Waals surface area contributed by atoms with E-state index < -0.39 is 0 Å². The molecule has 5 heteroatoms. The molecule has 2 N–H and O–H groups in total. The molecule has 0 unspecified atom stereocenters. The van der Waals surface area contributed by atoms with Gasteiger partial charge in [-0.1, -0.05) is 19.3 Å². The molecule has 0 bridgehead atoms. The molecule has 1 aliphatic rings. The van der Waals surface area contributed by atoms with E-state index in [1.807, 2.05) is 23.9 Å². The Morgan fingerprint density at radius 2 is 2.22 bits per heavy atom. The molecule has 1 heterocycles.